The highest BCUT2D eigenvalue weighted by atomic mass is 16.6. The van der Waals surface area contributed by atoms with E-state index < -0.39 is 46.0 Å². The fourth-order valence-electron chi connectivity index (χ4n) is 1.41. The quantitative estimate of drug-likeness (QED) is 0.338. The van der Waals surface area contributed by atoms with Crippen LogP contribution in [0.3, 0.4) is 0 Å². The van der Waals surface area contributed by atoms with Crippen LogP contribution in [0.15, 0.2) is 0 Å². The molecule has 0 saturated carbocycles. The van der Waals surface area contributed by atoms with Gasteiger partial charge in [0.2, 0.25) is 0 Å². The molecule has 1 N–H and O–H groups in total. The van der Waals surface area contributed by atoms with Crippen molar-refractivity contribution in [2.75, 3.05) is 27.3 Å². The molecule has 120 valence electrons. The molecule has 0 bridgehead atoms. The fraction of sp³-hybridized carbons (Fsp3) is 0.800. The molecule has 21 heavy (non-hydrogen) atoms. The molecular formula is C10H17N3O8. The average Bonchev–Trinajstić information content (AvgIpc) is 2.44. The number of hydrogen-bond donors (Lipinski definition) is 1. The van der Waals surface area contributed by atoms with Crippen LogP contribution in [-0.4, -0.2) is 60.2 Å². The van der Waals surface area contributed by atoms with Gasteiger partial charge in [0.25, 0.3) is 0 Å². The molecule has 0 aliphatic rings. The summed E-state index contributed by atoms with van der Waals surface area (Å²) in [5.74, 6) is -2.22. The highest BCUT2D eigenvalue weighted by molar-refractivity contribution is 5.79. The van der Waals surface area contributed by atoms with E-state index in [9.17, 15) is 29.8 Å². The van der Waals surface area contributed by atoms with Gasteiger partial charge in [0, 0.05) is 23.7 Å². The Bertz CT molecular complexity index is 414. The molecular weight excluding hydrogens is 290 g/mol. The number of nitrogens with zero attached hydrogens (tertiary/aromatic N) is 2. The zero-order valence-electron chi connectivity index (χ0n) is 12.1. The standard InChI is InChI=1S/C10H17N3O8/c1-9(12(16)17,7(14)20-3)5-11-6-10(2,13(18)19)8(15)21-4/h11H,5-6H2,1-4H3. The molecule has 0 aromatic heterocycles. The molecule has 0 fully saturated rings. The minimum atomic E-state index is -2.12. The molecule has 11 nitrogen and oxygen atoms in total. The summed E-state index contributed by atoms with van der Waals surface area (Å²) in [5, 5.41) is 24.3. The minimum Gasteiger partial charge on any atom is -0.464 e. The first-order valence-electron chi connectivity index (χ1n) is 5.72. The normalized spacial score (nSPS) is 16.2. The van der Waals surface area contributed by atoms with Crippen LogP contribution in [0.2, 0.25) is 0 Å². The van der Waals surface area contributed by atoms with E-state index >= 15 is 0 Å². The van der Waals surface area contributed by atoms with E-state index in [0.29, 0.717) is 0 Å². The first-order chi connectivity index (χ1) is 9.56. The second-order valence-corrected chi connectivity index (χ2v) is 4.65. The highest BCUT2D eigenvalue weighted by Gasteiger charge is 2.50. The van der Waals surface area contributed by atoms with Gasteiger partial charge in [-0.2, -0.15) is 0 Å². The summed E-state index contributed by atoms with van der Waals surface area (Å²) in [6.07, 6.45) is 0. The Hall–Kier alpha value is -2.30. The van der Waals surface area contributed by atoms with Gasteiger partial charge in [0.05, 0.1) is 27.3 Å². The number of carbonyl (C=O) groups is 2. The van der Waals surface area contributed by atoms with Crippen molar-refractivity contribution in [3.8, 4) is 0 Å². The van der Waals surface area contributed by atoms with E-state index in [0.717, 1.165) is 28.1 Å². The van der Waals surface area contributed by atoms with Crippen molar-refractivity contribution >= 4 is 11.9 Å². The van der Waals surface area contributed by atoms with E-state index in [1.807, 2.05) is 0 Å². The largest absolute Gasteiger partial charge is 0.464 e. The van der Waals surface area contributed by atoms with Crippen LogP contribution in [0.1, 0.15) is 13.8 Å². The van der Waals surface area contributed by atoms with Gasteiger partial charge in [-0.05, 0) is 0 Å². The van der Waals surface area contributed by atoms with Crippen LogP contribution in [0.5, 0.6) is 0 Å². The Labute approximate surface area is 119 Å². The van der Waals surface area contributed by atoms with Crippen LogP contribution < -0.4 is 5.32 Å². The maximum atomic E-state index is 11.4. The highest BCUT2D eigenvalue weighted by Crippen LogP contribution is 2.13. The monoisotopic (exact) mass is 307 g/mol. The molecule has 0 aliphatic carbocycles. The molecule has 0 aromatic rings. The Morgan fingerprint density at radius 2 is 1.24 bits per heavy atom. The zero-order valence-corrected chi connectivity index (χ0v) is 12.1. The second kappa shape index (κ2) is 6.92. The SMILES string of the molecule is COC(=O)C(C)(CNCC(C)(C(=O)OC)[N+](=O)[O-])[N+](=O)[O-]. The topological polar surface area (TPSA) is 151 Å². The van der Waals surface area contributed by atoms with Crippen LogP contribution in [0.4, 0.5) is 0 Å². The first-order valence-corrected chi connectivity index (χ1v) is 5.72. The van der Waals surface area contributed by atoms with E-state index in [1.165, 1.54) is 0 Å². The number of nitrogens with one attached hydrogen (secondary N) is 1. The molecule has 0 aromatic carbocycles. The average molecular weight is 307 g/mol. The molecule has 0 saturated heterocycles. The maximum absolute atomic E-state index is 11.4. The molecule has 0 radical (unpaired) electrons. The molecule has 0 amide bonds. The summed E-state index contributed by atoms with van der Waals surface area (Å²) in [7, 11) is 1.97. The lowest BCUT2D eigenvalue weighted by Gasteiger charge is -2.22. The summed E-state index contributed by atoms with van der Waals surface area (Å²) < 4.78 is 8.66. The molecule has 0 aliphatic heterocycles. The Balaban J connectivity index is 4.99. The predicted molar refractivity (Wildman–Crippen MR) is 67.7 cm³/mol. The van der Waals surface area contributed by atoms with Crippen LogP contribution in [0.25, 0.3) is 0 Å². The van der Waals surface area contributed by atoms with Crippen molar-refractivity contribution in [3.05, 3.63) is 20.2 Å². The van der Waals surface area contributed by atoms with Crippen LogP contribution >= 0.6 is 0 Å². The van der Waals surface area contributed by atoms with Crippen molar-refractivity contribution in [1.82, 2.24) is 5.32 Å². The van der Waals surface area contributed by atoms with Gasteiger partial charge >= 0.3 is 23.0 Å². The van der Waals surface area contributed by atoms with E-state index in [-0.39, 0.29) is 0 Å². The minimum absolute atomic E-state index is 0.549. The fourth-order valence-corrected chi connectivity index (χ4v) is 1.41. The van der Waals surface area contributed by atoms with Gasteiger partial charge < -0.3 is 14.8 Å². The first kappa shape index (κ1) is 18.7. The summed E-state index contributed by atoms with van der Waals surface area (Å²) >= 11 is 0. The van der Waals surface area contributed by atoms with Crippen molar-refractivity contribution < 1.29 is 28.9 Å². The lowest BCUT2D eigenvalue weighted by molar-refractivity contribution is -0.554. The third-order valence-corrected chi connectivity index (χ3v) is 2.99. The Kier molecular flexibility index (Phi) is 6.17. The second-order valence-electron chi connectivity index (χ2n) is 4.65. The lowest BCUT2D eigenvalue weighted by atomic mass is 10.0. The van der Waals surface area contributed by atoms with Crippen LogP contribution in [-0.2, 0) is 19.1 Å². The Morgan fingerprint density at radius 3 is 1.43 bits per heavy atom. The van der Waals surface area contributed by atoms with Gasteiger partial charge in [0.15, 0.2) is 0 Å². The third-order valence-electron chi connectivity index (χ3n) is 2.99. The number of ether oxygens (including phenoxy) is 2. The van der Waals surface area contributed by atoms with Crippen molar-refractivity contribution in [2.45, 2.75) is 24.9 Å². The smallest absolute Gasteiger partial charge is 0.385 e. The van der Waals surface area contributed by atoms with Gasteiger partial charge in [-0.1, -0.05) is 0 Å². The van der Waals surface area contributed by atoms with Gasteiger partial charge in [-0.15, -0.1) is 0 Å². The van der Waals surface area contributed by atoms with Gasteiger partial charge in [-0.3, -0.25) is 20.2 Å². The Morgan fingerprint density at radius 1 is 0.952 bits per heavy atom. The van der Waals surface area contributed by atoms with Gasteiger partial charge in [0.1, 0.15) is 0 Å². The predicted octanol–water partition coefficient (Wildman–Crippen LogP) is -1.01. The molecule has 0 rings (SSSR count). The lowest BCUT2D eigenvalue weighted by Crippen LogP contribution is -2.57. The summed E-state index contributed by atoms with van der Waals surface area (Å²) in [4.78, 5) is 43.0. The number of esters is 2. The van der Waals surface area contributed by atoms with Crippen molar-refractivity contribution in [3.63, 3.8) is 0 Å². The van der Waals surface area contributed by atoms with E-state index in [2.05, 4.69) is 14.8 Å². The van der Waals surface area contributed by atoms with E-state index in [4.69, 9.17) is 0 Å². The number of methoxy groups -OCH3 is 2. The third kappa shape index (κ3) is 3.84. The van der Waals surface area contributed by atoms with Gasteiger partial charge in [-0.25, -0.2) is 9.59 Å². The number of nitro groups is 2. The van der Waals surface area contributed by atoms with Crippen molar-refractivity contribution in [2.24, 2.45) is 0 Å². The molecule has 2 atom stereocenters. The number of rotatable bonds is 8. The molecule has 2 unspecified atom stereocenters. The summed E-state index contributed by atoms with van der Waals surface area (Å²) in [5.41, 5.74) is -4.25. The molecule has 0 heterocycles. The summed E-state index contributed by atoms with van der Waals surface area (Å²) in [6.45, 7) is 0.918. The zero-order chi connectivity index (χ0) is 16.8. The summed E-state index contributed by atoms with van der Waals surface area (Å²) in [6, 6.07) is 0. The number of carbonyl (C=O) groups excluding carboxylic acids is 2. The molecule has 0 spiro atoms. The number of hydrogen-bond acceptors (Lipinski definition) is 9. The van der Waals surface area contributed by atoms with E-state index in [1.54, 1.807) is 0 Å². The molecule has 11 heteroatoms. The van der Waals surface area contributed by atoms with Crippen molar-refractivity contribution in [1.29, 1.82) is 0 Å². The van der Waals surface area contributed by atoms with Crippen LogP contribution in [0, 0.1) is 20.2 Å². The maximum Gasteiger partial charge on any atom is 0.385 e.